The normalized spacial score (nSPS) is 12.9. The number of aryl methyl sites for hydroxylation is 1. The Hall–Kier alpha value is -1.41. The summed E-state index contributed by atoms with van der Waals surface area (Å²) in [7, 11) is 0. The number of hydrogen-bond donors (Lipinski definition) is 1. The van der Waals surface area contributed by atoms with Crippen LogP contribution in [0.25, 0.3) is 10.8 Å². The van der Waals surface area contributed by atoms with Crippen molar-refractivity contribution in [2.24, 2.45) is 0 Å². The minimum atomic E-state index is -0.234. The van der Waals surface area contributed by atoms with Gasteiger partial charge in [-0.15, -0.1) is 0 Å². The van der Waals surface area contributed by atoms with Crippen LogP contribution in [0.3, 0.4) is 0 Å². The summed E-state index contributed by atoms with van der Waals surface area (Å²) in [6, 6.07) is 8.26. The zero-order valence-electron chi connectivity index (χ0n) is 8.85. The smallest absolute Gasteiger partial charge is 0.0515 e. The fourth-order valence-electron chi connectivity index (χ4n) is 1.77. The van der Waals surface area contributed by atoms with Crippen LogP contribution in [-0.2, 0) is 6.42 Å². The van der Waals surface area contributed by atoms with Gasteiger partial charge in [-0.25, -0.2) is 0 Å². The molecule has 15 heavy (non-hydrogen) atoms. The third-order valence-electron chi connectivity index (χ3n) is 2.60. The molecule has 0 aliphatic rings. The molecule has 78 valence electrons. The Bertz CT molecular complexity index is 446. The van der Waals surface area contributed by atoms with Gasteiger partial charge >= 0.3 is 0 Å². The van der Waals surface area contributed by atoms with Crippen molar-refractivity contribution in [2.45, 2.75) is 25.9 Å². The molecule has 1 N–H and O–H groups in total. The SMILES string of the molecule is C[C@H](O)CCc1cccc2cnccc12. The number of aliphatic hydroxyl groups excluding tert-OH is 1. The average molecular weight is 201 g/mol. The van der Waals surface area contributed by atoms with E-state index in [2.05, 4.69) is 17.1 Å². The number of pyridine rings is 1. The zero-order valence-corrected chi connectivity index (χ0v) is 8.85. The third kappa shape index (κ3) is 2.34. The maximum Gasteiger partial charge on any atom is 0.0515 e. The second kappa shape index (κ2) is 4.41. The molecule has 0 aliphatic heterocycles. The van der Waals surface area contributed by atoms with Crippen LogP contribution in [0, 0.1) is 0 Å². The van der Waals surface area contributed by atoms with Crippen molar-refractivity contribution in [3.63, 3.8) is 0 Å². The molecular weight excluding hydrogens is 186 g/mol. The van der Waals surface area contributed by atoms with Gasteiger partial charge in [0.25, 0.3) is 0 Å². The zero-order chi connectivity index (χ0) is 10.7. The number of hydrogen-bond acceptors (Lipinski definition) is 2. The molecule has 1 aromatic carbocycles. The van der Waals surface area contributed by atoms with E-state index in [-0.39, 0.29) is 6.10 Å². The summed E-state index contributed by atoms with van der Waals surface area (Å²) in [4.78, 5) is 4.10. The van der Waals surface area contributed by atoms with Crippen molar-refractivity contribution in [2.75, 3.05) is 0 Å². The number of aliphatic hydroxyl groups is 1. The Labute approximate surface area is 89.6 Å². The first kappa shape index (κ1) is 10.1. The van der Waals surface area contributed by atoms with E-state index < -0.39 is 0 Å². The first-order chi connectivity index (χ1) is 7.27. The highest BCUT2D eigenvalue weighted by molar-refractivity contribution is 5.84. The summed E-state index contributed by atoms with van der Waals surface area (Å²) < 4.78 is 0. The predicted molar refractivity (Wildman–Crippen MR) is 61.7 cm³/mol. The first-order valence-corrected chi connectivity index (χ1v) is 5.27. The van der Waals surface area contributed by atoms with Gasteiger partial charge in [0.05, 0.1) is 6.10 Å². The topological polar surface area (TPSA) is 33.1 Å². The van der Waals surface area contributed by atoms with Crippen LogP contribution >= 0.6 is 0 Å². The van der Waals surface area contributed by atoms with E-state index in [1.165, 1.54) is 16.3 Å². The lowest BCUT2D eigenvalue weighted by Crippen LogP contribution is -2.01. The molecule has 2 aromatic rings. The van der Waals surface area contributed by atoms with E-state index in [1.54, 1.807) is 0 Å². The molecule has 0 spiro atoms. The highest BCUT2D eigenvalue weighted by Gasteiger charge is 2.02. The summed E-state index contributed by atoms with van der Waals surface area (Å²) in [6.07, 6.45) is 5.18. The summed E-state index contributed by atoms with van der Waals surface area (Å²) in [5.41, 5.74) is 1.29. The van der Waals surface area contributed by atoms with Crippen molar-refractivity contribution in [3.8, 4) is 0 Å². The average Bonchev–Trinajstić information content (AvgIpc) is 2.26. The Morgan fingerprint density at radius 2 is 2.20 bits per heavy atom. The molecule has 0 radical (unpaired) electrons. The molecule has 0 amide bonds. The molecular formula is C13H15NO. The number of aromatic nitrogens is 1. The molecule has 0 fully saturated rings. The lowest BCUT2D eigenvalue weighted by molar-refractivity contribution is 0.185. The van der Waals surface area contributed by atoms with E-state index in [4.69, 9.17) is 0 Å². The molecule has 0 bridgehead atoms. The standard InChI is InChI=1S/C13H15NO/c1-10(15)5-6-11-3-2-4-12-9-14-8-7-13(11)12/h2-4,7-10,15H,5-6H2,1H3/t10-/m0/s1. The molecule has 0 aliphatic carbocycles. The summed E-state index contributed by atoms with van der Waals surface area (Å²) in [5.74, 6) is 0. The molecule has 1 aromatic heterocycles. The number of nitrogens with zero attached hydrogens (tertiary/aromatic N) is 1. The molecule has 0 saturated heterocycles. The van der Waals surface area contributed by atoms with Gasteiger partial charge in [-0.2, -0.15) is 0 Å². The fourth-order valence-corrected chi connectivity index (χ4v) is 1.77. The number of fused-ring (bicyclic) bond motifs is 1. The molecule has 0 unspecified atom stereocenters. The van der Waals surface area contributed by atoms with Gasteiger partial charge in [-0.3, -0.25) is 4.98 Å². The molecule has 2 rings (SSSR count). The molecule has 1 heterocycles. The summed E-state index contributed by atoms with van der Waals surface area (Å²) in [6.45, 7) is 1.83. The maximum atomic E-state index is 9.27. The Morgan fingerprint density at radius 3 is 3.00 bits per heavy atom. The largest absolute Gasteiger partial charge is 0.393 e. The number of rotatable bonds is 3. The van der Waals surface area contributed by atoms with Crippen molar-refractivity contribution in [1.82, 2.24) is 4.98 Å². The van der Waals surface area contributed by atoms with Gasteiger partial charge in [-0.05, 0) is 36.8 Å². The van der Waals surface area contributed by atoms with Crippen LogP contribution in [-0.4, -0.2) is 16.2 Å². The van der Waals surface area contributed by atoms with Crippen LogP contribution in [0.2, 0.25) is 0 Å². The lowest BCUT2D eigenvalue weighted by Gasteiger charge is -2.07. The van der Waals surface area contributed by atoms with Crippen LogP contribution < -0.4 is 0 Å². The van der Waals surface area contributed by atoms with Crippen molar-refractivity contribution < 1.29 is 5.11 Å². The summed E-state index contributed by atoms with van der Waals surface area (Å²) in [5, 5.41) is 11.7. The van der Waals surface area contributed by atoms with E-state index in [0.29, 0.717) is 0 Å². The van der Waals surface area contributed by atoms with E-state index in [9.17, 15) is 5.11 Å². The van der Waals surface area contributed by atoms with Crippen LogP contribution in [0.15, 0.2) is 36.7 Å². The highest BCUT2D eigenvalue weighted by atomic mass is 16.3. The van der Waals surface area contributed by atoms with Crippen LogP contribution in [0.4, 0.5) is 0 Å². The minimum absolute atomic E-state index is 0.234. The lowest BCUT2D eigenvalue weighted by atomic mass is 10.0. The van der Waals surface area contributed by atoms with Gasteiger partial charge in [-0.1, -0.05) is 18.2 Å². The number of benzene rings is 1. The third-order valence-corrected chi connectivity index (χ3v) is 2.60. The van der Waals surface area contributed by atoms with Crippen molar-refractivity contribution in [3.05, 3.63) is 42.2 Å². The molecule has 2 nitrogen and oxygen atoms in total. The van der Waals surface area contributed by atoms with Gasteiger partial charge in [0.2, 0.25) is 0 Å². The Balaban J connectivity index is 2.34. The summed E-state index contributed by atoms with van der Waals surface area (Å²) >= 11 is 0. The van der Waals surface area contributed by atoms with Gasteiger partial charge < -0.3 is 5.11 Å². The van der Waals surface area contributed by atoms with Crippen LogP contribution in [0.5, 0.6) is 0 Å². The second-order valence-electron chi connectivity index (χ2n) is 3.90. The highest BCUT2D eigenvalue weighted by Crippen LogP contribution is 2.19. The monoisotopic (exact) mass is 201 g/mol. The van der Waals surface area contributed by atoms with Crippen LogP contribution in [0.1, 0.15) is 18.9 Å². The minimum Gasteiger partial charge on any atom is -0.393 e. The van der Waals surface area contributed by atoms with Crippen molar-refractivity contribution >= 4 is 10.8 Å². The van der Waals surface area contributed by atoms with E-state index in [0.717, 1.165) is 12.8 Å². The molecule has 2 heteroatoms. The molecule has 1 atom stereocenters. The first-order valence-electron chi connectivity index (χ1n) is 5.27. The Morgan fingerprint density at radius 1 is 1.33 bits per heavy atom. The fraction of sp³-hybridized carbons (Fsp3) is 0.308. The quantitative estimate of drug-likeness (QED) is 0.827. The van der Waals surface area contributed by atoms with Gasteiger partial charge in [0.1, 0.15) is 0 Å². The molecule has 0 saturated carbocycles. The second-order valence-corrected chi connectivity index (χ2v) is 3.90. The van der Waals surface area contributed by atoms with Crippen molar-refractivity contribution in [1.29, 1.82) is 0 Å². The Kier molecular flexibility index (Phi) is 2.97. The maximum absolute atomic E-state index is 9.27. The van der Waals surface area contributed by atoms with Gasteiger partial charge in [0, 0.05) is 17.8 Å². The predicted octanol–water partition coefficient (Wildman–Crippen LogP) is 2.55. The van der Waals surface area contributed by atoms with E-state index in [1.807, 2.05) is 31.5 Å². The van der Waals surface area contributed by atoms with E-state index >= 15 is 0 Å². The van der Waals surface area contributed by atoms with Gasteiger partial charge in [0.15, 0.2) is 0 Å².